The minimum atomic E-state index is -0.359. The molecule has 3 rings (SSSR count). The summed E-state index contributed by atoms with van der Waals surface area (Å²) in [6, 6.07) is 20.3. The Kier molecular flexibility index (Phi) is 5.11. The van der Waals surface area contributed by atoms with Crippen LogP contribution in [-0.2, 0) is 9.47 Å². The van der Waals surface area contributed by atoms with Gasteiger partial charge in [0.25, 0.3) is 0 Å². The molecule has 0 amide bonds. The van der Waals surface area contributed by atoms with E-state index in [0.717, 1.165) is 12.0 Å². The van der Waals surface area contributed by atoms with E-state index in [1.54, 1.807) is 0 Å². The van der Waals surface area contributed by atoms with Gasteiger partial charge in [0, 0.05) is 12.3 Å². The third-order valence-electron chi connectivity index (χ3n) is 4.12. The van der Waals surface area contributed by atoms with E-state index < -0.39 is 0 Å². The predicted octanol–water partition coefficient (Wildman–Crippen LogP) is 4.17. The van der Waals surface area contributed by atoms with Gasteiger partial charge in [0.15, 0.2) is 0 Å². The molecule has 0 radical (unpaired) electrons. The van der Waals surface area contributed by atoms with Crippen molar-refractivity contribution in [2.75, 3.05) is 6.61 Å². The molecule has 0 fully saturated rings. The van der Waals surface area contributed by atoms with E-state index in [0.29, 0.717) is 5.76 Å². The Bertz CT molecular complexity index is 636. The van der Waals surface area contributed by atoms with Crippen LogP contribution in [0.15, 0.2) is 72.5 Å². The third kappa shape index (κ3) is 4.01. The average Bonchev–Trinajstić information content (AvgIpc) is 2.63. The minimum absolute atomic E-state index is 0.0596. The highest BCUT2D eigenvalue weighted by molar-refractivity contribution is 5.26. The second-order valence-corrected chi connectivity index (χ2v) is 5.78. The quantitative estimate of drug-likeness (QED) is 0.901. The lowest BCUT2D eigenvalue weighted by Gasteiger charge is -2.31. The molecule has 0 aliphatic carbocycles. The Labute approximate surface area is 137 Å². The van der Waals surface area contributed by atoms with E-state index in [4.69, 9.17) is 9.47 Å². The normalized spacial score (nSPS) is 22.1. The van der Waals surface area contributed by atoms with Gasteiger partial charge in [-0.3, -0.25) is 0 Å². The van der Waals surface area contributed by atoms with E-state index in [1.165, 1.54) is 5.56 Å². The summed E-state index contributed by atoms with van der Waals surface area (Å²) in [5.41, 5.74) is 2.33. The van der Waals surface area contributed by atoms with Crippen LogP contribution in [0.3, 0.4) is 0 Å². The number of allylic oxidation sites excluding steroid dienone is 1. The zero-order valence-electron chi connectivity index (χ0n) is 13.3. The van der Waals surface area contributed by atoms with Crippen molar-refractivity contribution in [1.29, 1.82) is 0 Å². The van der Waals surface area contributed by atoms with Gasteiger partial charge in [-0.15, -0.1) is 0 Å². The maximum absolute atomic E-state index is 9.48. The first-order chi connectivity index (χ1) is 11.3. The smallest absolute Gasteiger partial charge is 0.200 e. The molecule has 1 N–H and O–H groups in total. The Balaban J connectivity index is 1.72. The molecule has 23 heavy (non-hydrogen) atoms. The first kappa shape index (κ1) is 15.8. The van der Waals surface area contributed by atoms with Crippen molar-refractivity contribution >= 4 is 0 Å². The monoisotopic (exact) mass is 310 g/mol. The van der Waals surface area contributed by atoms with E-state index in [9.17, 15) is 5.11 Å². The second-order valence-electron chi connectivity index (χ2n) is 5.78. The molecule has 2 aromatic rings. The summed E-state index contributed by atoms with van der Waals surface area (Å²) in [6.07, 6.45) is 2.31. The van der Waals surface area contributed by atoms with Crippen LogP contribution >= 0.6 is 0 Å². The summed E-state index contributed by atoms with van der Waals surface area (Å²) >= 11 is 0. The standard InChI is InChI=1S/C20H22O3/c1-15(16-8-4-2-5-9-16)22-20-13-18(12-19(14-21)23-20)17-10-6-3-7-11-17/h2-12,15,18,20-21H,13-14H2,1H3/t15-,18-,20+/m0/s1. The van der Waals surface area contributed by atoms with Crippen LogP contribution < -0.4 is 0 Å². The van der Waals surface area contributed by atoms with Crippen LogP contribution in [-0.4, -0.2) is 18.0 Å². The van der Waals surface area contributed by atoms with Crippen LogP contribution in [0, 0.1) is 0 Å². The summed E-state index contributed by atoms with van der Waals surface area (Å²) in [5.74, 6) is 0.774. The van der Waals surface area contributed by atoms with Crippen LogP contribution in [0.25, 0.3) is 0 Å². The van der Waals surface area contributed by atoms with Crippen molar-refractivity contribution in [2.24, 2.45) is 0 Å². The molecule has 0 saturated carbocycles. The fraction of sp³-hybridized carbons (Fsp3) is 0.300. The molecule has 1 aliphatic rings. The Hall–Kier alpha value is -2.10. The predicted molar refractivity (Wildman–Crippen MR) is 89.8 cm³/mol. The Morgan fingerprint density at radius 3 is 2.39 bits per heavy atom. The molecule has 0 unspecified atom stereocenters. The topological polar surface area (TPSA) is 38.7 Å². The summed E-state index contributed by atoms with van der Waals surface area (Å²) in [7, 11) is 0. The maximum Gasteiger partial charge on any atom is 0.200 e. The zero-order valence-corrected chi connectivity index (χ0v) is 13.3. The van der Waals surface area contributed by atoms with Crippen LogP contribution in [0.1, 0.15) is 36.5 Å². The highest BCUT2D eigenvalue weighted by Gasteiger charge is 2.26. The molecule has 120 valence electrons. The Morgan fingerprint density at radius 1 is 1.09 bits per heavy atom. The first-order valence-electron chi connectivity index (χ1n) is 8.00. The largest absolute Gasteiger partial charge is 0.467 e. The van der Waals surface area contributed by atoms with Gasteiger partial charge in [0.05, 0.1) is 6.10 Å². The molecule has 3 atom stereocenters. The van der Waals surface area contributed by atoms with Gasteiger partial charge in [-0.25, -0.2) is 0 Å². The number of ether oxygens (including phenoxy) is 2. The lowest BCUT2D eigenvalue weighted by atomic mass is 9.93. The lowest BCUT2D eigenvalue weighted by molar-refractivity contribution is -0.161. The first-order valence-corrected chi connectivity index (χ1v) is 8.00. The van der Waals surface area contributed by atoms with Gasteiger partial charge in [-0.2, -0.15) is 0 Å². The molecule has 0 aromatic heterocycles. The summed E-state index contributed by atoms with van der Waals surface area (Å²) in [5, 5.41) is 9.48. The molecule has 2 aromatic carbocycles. The van der Waals surface area contributed by atoms with Gasteiger partial charge >= 0.3 is 0 Å². The molecule has 1 heterocycles. The maximum atomic E-state index is 9.48. The van der Waals surface area contributed by atoms with Crippen molar-refractivity contribution in [1.82, 2.24) is 0 Å². The van der Waals surface area contributed by atoms with E-state index >= 15 is 0 Å². The van der Waals surface area contributed by atoms with E-state index in [1.807, 2.05) is 61.5 Å². The zero-order chi connectivity index (χ0) is 16.1. The number of hydrogen-bond acceptors (Lipinski definition) is 3. The number of hydrogen-bond donors (Lipinski definition) is 1. The molecule has 1 aliphatic heterocycles. The van der Waals surface area contributed by atoms with Crippen LogP contribution in [0.4, 0.5) is 0 Å². The SMILES string of the molecule is C[C@H](O[C@H]1C[C@@H](c2ccccc2)C=C(CO)O1)c1ccccc1. The van der Waals surface area contributed by atoms with E-state index in [2.05, 4.69) is 12.1 Å². The number of aliphatic hydroxyl groups is 1. The summed E-state index contributed by atoms with van der Waals surface area (Å²) in [4.78, 5) is 0. The molecule has 3 nitrogen and oxygen atoms in total. The second kappa shape index (κ2) is 7.44. The van der Waals surface area contributed by atoms with Crippen molar-refractivity contribution in [3.05, 3.63) is 83.6 Å². The Morgan fingerprint density at radius 2 is 1.74 bits per heavy atom. The van der Waals surface area contributed by atoms with Gasteiger partial charge < -0.3 is 14.6 Å². The van der Waals surface area contributed by atoms with Gasteiger partial charge in [-0.1, -0.05) is 60.7 Å². The van der Waals surface area contributed by atoms with Crippen molar-refractivity contribution in [2.45, 2.75) is 31.7 Å². The highest BCUT2D eigenvalue weighted by Crippen LogP contribution is 2.33. The molecular formula is C20H22O3. The van der Waals surface area contributed by atoms with Crippen LogP contribution in [0.5, 0.6) is 0 Å². The molecule has 0 spiro atoms. The van der Waals surface area contributed by atoms with E-state index in [-0.39, 0.29) is 24.9 Å². The minimum Gasteiger partial charge on any atom is -0.467 e. The average molecular weight is 310 g/mol. The van der Waals surface area contributed by atoms with Crippen molar-refractivity contribution in [3.63, 3.8) is 0 Å². The lowest BCUT2D eigenvalue weighted by Crippen LogP contribution is -2.26. The third-order valence-corrected chi connectivity index (χ3v) is 4.12. The van der Waals surface area contributed by atoms with Crippen molar-refractivity contribution in [3.8, 4) is 0 Å². The summed E-state index contributed by atoms with van der Waals surface area (Å²) < 4.78 is 11.9. The number of benzene rings is 2. The molecule has 0 bridgehead atoms. The number of aliphatic hydroxyl groups excluding tert-OH is 1. The van der Waals surface area contributed by atoms with Crippen LogP contribution in [0.2, 0.25) is 0 Å². The fourth-order valence-electron chi connectivity index (χ4n) is 2.89. The highest BCUT2D eigenvalue weighted by atomic mass is 16.7. The molecule has 3 heteroatoms. The van der Waals surface area contributed by atoms with Gasteiger partial charge in [0.1, 0.15) is 12.4 Å². The van der Waals surface area contributed by atoms with Crippen molar-refractivity contribution < 1.29 is 14.6 Å². The van der Waals surface area contributed by atoms with Gasteiger partial charge in [0.2, 0.25) is 6.29 Å². The molecule has 0 saturated heterocycles. The summed E-state index contributed by atoms with van der Waals surface area (Å²) in [6.45, 7) is 1.91. The fourth-order valence-corrected chi connectivity index (χ4v) is 2.89. The van der Waals surface area contributed by atoms with Gasteiger partial charge in [-0.05, 0) is 24.1 Å². The number of rotatable bonds is 5. The molecular weight excluding hydrogens is 288 g/mol.